The maximum atomic E-state index is 12.4. The lowest BCUT2D eigenvalue weighted by molar-refractivity contribution is -0.125. The first-order valence-corrected chi connectivity index (χ1v) is 9.26. The predicted molar refractivity (Wildman–Crippen MR) is 101 cm³/mol. The van der Waals surface area contributed by atoms with Gasteiger partial charge in [-0.1, -0.05) is 41.9 Å². The minimum atomic E-state index is -0.708. The van der Waals surface area contributed by atoms with Crippen LogP contribution in [0.1, 0.15) is 10.4 Å². The molecule has 0 unspecified atom stereocenters. The lowest BCUT2D eigenvalue weighted by Gasteiger charge is -2.25. The Labute approximate surface area is 159 Å². The molecular weight excluding hydrogens is 372 g/mol. The smallest absolute Gasteiger partial charge is 0.270 e. The predicted octanol–water partition coefficient (Wildman–Crippen LogP) is 4.17. The third-order valence-corrected chi connectivity index (χ3v) is 5.19. The average molecular weight is 387 g/mol. The molecule has 1 atom stereocenters. The van der Waals surface area contributed by atoms with Gasteiger partial charge in [0.05, 0.1) is 0 Å². The molecule has 1 aromatic heterocycles. The molecule has 1 aliphatic heterocycles. The molecule has 0 saturated carbocycles. The number of nitrogens with one attached hydrogen (secondary N) is 1. The van der Waals surface area contributed by atoms with Crippen molar-refractivity contribution in [3.8, 4) is 11.5 Å². The number of hydrogen-bond donors (Lipinski definition) is 1. The van der Waals surface area contributed by atoms with Gasteiger partial charge in [-0.3, -0.25) is 10.1 Å². The third-order valence-electron chi connectivity index (χ3n) is 3.91. The van der Waals surface area contributed by atoms with Gasteiger partial charge in [0.1, 0.15) is 6.61 Å². The largest absolute Gasteiger partial charge is 0.485 e. The molecule has 3 aromatic rings. The summed E-state index contributed by atoms with van der Waals surface area (Å²) >= 11 is 7.61. The fraction of sp³-hybridized carbons (Fsp3) is 0.158. The molecule has 0 fully saturated rings. The van der Waals surface area contributed by atoms with Gasteiger partial charge in [0.15, 0.2) is 16.6 Å². The number of rotatable bonds is 4. The summed E-state index contributed by atoms with van der Waals surface area (Å²) in [4.78, 5) is 17.7. The summed E-state index contributed by atoms with van der Waals surface area (Å²) in [5, 5.41) is 4.04. The van der Waals surface area contributed by atoms with E-state index in [1.165, 1.54) is 11.3 Å². The standard InChI is InChI=1S/C19H15ClN2O3S/c20-14-6-2-1-5-12(14)9-13-10-21-19(26-13)22-18(23)17-11-24-15-7-3-4-8-16(15)25-17/h1-8,10,17H,9,11H2,(H,21,22,23)/t17-/m0/s1. The van der Waals surface area contributed by atoms with E-state index >= 15 is 0 Å². The zero-order valence-electron chi connectivity index (χ0n) is 13.6. The number of ether oxygens (including phenoxy) is 2. The first-order valence-electron chi connectivity index (χ1n) is 8.06. The van der Waals surface area contributed by atoms with Crippen LogP contribution < -0.4 is 14.8 Å². The van der Waals surface area contributed by atoms with Crippen LogP contribution in [0.5, 0.6) is 11.5 Å². The number of aromatic nitrogens is 1. The average Bonchev–Trinajstić information content (AvgIpc) is 3.10. The zero-order valence-corrected chi connectivity index (χ0v) is 15.2. The number of nitrogens with zero attached hydrogens (tertiary/aromatic N) is 1. The van der Waals surface area contributed by atoms with Crippen LogP contribution in [0, 0.1) is 0 Å². The molecule has 0 aliphatic carbocycles. The first kappa shape index (κ1) is 16.9. The van der Waals surface area contributed by atoms with Crippen molar-refractivity contribution in [1.82, 2.24) is 4.98 Å². The molecule has 2 heterocycles. The van der Waals surface area contributed by atoms with Gasteiger partial charge in [0.25, 0.3) is 5.91 Å². The number of hydrogen-bond acceptors (Lipinski definition) is 5. The maximum Gasteiger partial charge on any atom is 0.270 e. The maximum absolute atomic E-state index is 12.4. The highest BCUT2D eigenvalue weighted by molar-refractivity contribution is 7.15. The van der Waals surface area contributed by atoms with E-state index in [1.807, 2.05) is 42.5 Å². The second-order valence-corrected chi connectivity index (χ2v) is 7.28. The first-order chi connectivity index (χ1) is 12.7. The van der Waals surface area contributed by atoms with Crippen LogP contribution in [0.2, 0.25) is 5.02 Å². The Morgan fingerprint density at radius 2 is 1.96 bits per heavy atom. The molecule has 0 spiro atoms. The number of carbonyl (C=O) groups is 1. The number of amides is 1. The van der Waals surface area contributed by atoms with Crippen LogP contribution in [0.4, 0.5) is 5.13 Å². The Kier molecular flexibility index (Phi) is 4.77. The van der Waals surface area contributed by atoms with E-state index < -0.39 is 6.10 Å². The summed E-state index contributed by atoms with van der Waals surface area (Å²) in [6, 6.07) is 15.0. The molecule has 7 heteroatoms. The van der Waals surface area contributed by atoms with Crippen LogP contribution >= 0.6 is 22.9 Å². The van der Waals surface area contributed by atoms with Gasteiger partial charge in [-0.2, -0.15) is 0 Å². The SMILES string of the molecule is O=C(Nc1ncc(Cc2ccccc2Cl)s1)[C@@H]1COc2ccccc2O1. The van der Waals surface area contributed by atoms with E-state index in [9.17, 15) is 4.79 Å². The minimum Gasteiger partial charge on any atom is -0.485 e. The van der Waals surface area contributed by atoms with Crippen molar-refractivity contribution in [2.45, 2.75) is 12.5 Å². The highest BCUT2D eigenvalue weighted by Crippen LogP contribution is 2.31. The molecule has 1 aliphatic rings. The molecule has 0 saturated heterocycles. The topological polar surface area (TPSA) is 60.5 Å². The summed E-state index contributed by atoms with van der Waals surface area (Å²) < 4.78 is 11.3. The highest BCUT2D eigenvalue weighted by atomic mass is 35.5. The summed E-state index contributed by atoms with van der Waals surface area (Å²) in [5.41, 5.74) is 1.02. The number of para-hydroxylation sites is 2. The lowest BCUT2D eigenvalue weighted by Crippen LogP contribution is -2.40. The van der Waals surface area contributed by atoms with Gasteiger partial charge in [-0.05, 0) is 23.8 Å². The molecule has 0 bridgehead atoms. The van der Waals surface area contributed by atoms with Crippen LogP contribution in [-0.2, 0) is 11.2 Å². The lowest BCUT2D eigenvalue weighted by atomic mass is 10.1. The Balaban J connectivity index is 1.40. The Bertz CT molecular complexity index is 944. The van der Waals surface area contributed by atoms with Crippen molar-refractivity contribution in [2.75, 3.05) is 11.9 Å². The Morgan fingerprint density at radius 3 is 2.81 bits per heavy atom. The molecule has 1 N–H and O–H groups in total. The quantitative estimate of drug-likeness (QED) is 0.731. The molecule has 1 amide bonds. The third kappa shape index (κ3) is 3.66. The second-order valence-electron chi connectivity index (χ2n) is 5.75. The van der Waals surface area contributed by atoms with E-state index in [0.29, 0.717) is 23.1 Å². The molecule has 5 nitrogen and oxygen atoms in total. The van der Waals surface area contributed by atoms with E-state index in [0.717, 1.165) is 15.5 Å². The summed E-state index contributed by atoms with van der Waals surface area (Å²) in [6.45, 7) is 0.167. The number of fused-ring (bicyclic) bond motifs is 1. The molecule has 2 aromatic carbocycles. The number of thiazole rings is 1. The number of carbonyl (C=O) groups excluding carboxylic acids is 1. The molecular formula is C19H15ClN2O3S. The van der Waals surface area contributed by atoms with E-state index in [1.54, 1.807) is 12.3 Å². The van der Waals surface area contributed by atoms with Crippen molar-refractivity contribution in [3.63, 3.8) is 0 Å². The van der Waals surface area contributed by atoms with Crippen molar-refractivity contribution in [2.24, 2.45) is 0 Å². The normalized spacial score (nSPS) is 15.5. The van der Waals surface area contributed by atoms with Crippen molar-refractivity contribution >= 4 is 34.0 Å². The van der Waals surface area contributed by atoms with E-state index in [2.05, 4.69) is 10.3 Å². The summed E-state index contributed by atoms with van der Waals surface area (Å²) in [5.74, 6) is 0.934. The fourth-order valence-electron chi connectivity index (χ4n) is 2.61. The number of anilines is 1. The molecule has 0 radical (unpaired) electrons. The van der Waals surface area contributed by atoms with Crippen LogP contribution in [0.25, 0.3) is 0 Å². The molecule has 26 heavy (non-hydrogen) atoms. The second kappa shape index (κ2) is 7.35. The van der Waals surface area contributed by atoms with Crippen LogP contribution in [0.15, 0.2) is 54.7 Å². The Hall–Kier alpha value is -2.57. The monoisotopic (exact) mass is 386 g/mol. The molecule has 4 rings (SSSR count). The van der Waals surface area contributed by atoms with Crippen molar-refractivity contribution in [1.29, 1.82) is 0 Å². The fourth-order valence-corrected chi connectivity index (χ4v) is 3.65. The van der Waals surface area contributed by atoms with Gasteiger partial charge < -0.3 is 9.47 Å². The minimum absolute atomic E-state index is 0.167. The molecule has 132 valence electrons. The summed E-state index contributed by atoms with van der Waals surface area (Å²) in [6.07, 6.45) is 1.71. The van der Waals surface area contributed by atoms with Crippen LogP contribution in [-0.4, -0.2) is 23.6 Å². The van der Waals surface area contributed by atoms with Crippen LogP contribution in [0.3, 0.4) is 0 Å². The van der Waals surface area contributed by atoms with E-state index in [-0.39, 0.29) is 12.5 Å². The van der Waals surface area contributed by atoms with Gasteiger partial charge in [0, 0.05) is 22.5 Å². The van der Waals surface area contributed by atoms with Gasteiger partial charge >= 0.3 is 0 Å². The number of benzene rings is 2. The van der Waals surface area contributed by atoms with Crippen molar-refractivity contribution in [3.05, 3.63) is 70.2 Å². The van der Waals surface area contributed by atoms with Gasteiger partial charge in [-0.25, -0.2) is 4.98 Å². The highest BCUT2D eigenvalue weighted by Gasteiger charge is 2.27. The van der Waals surface area contributed by atoms with Crippen molar-refractivity contribution < 1.29 is 14.3 Å². The van der Waals surface area contributed by atoms with E-state index in [4.69, 9.17) is 21.1 Å². The summed E-state index contributed by atoms with van der Waals surface area (Å²) in [7, 11) is 0. The van der Waals surface area contributed by atoms with Gasteiger partial charge in [-0.15, -0.1) is 11.3 Å². The Morgan fingerprint density at radius 1 is 1.19 bits per heavy atom. The zero-order chi connectivity index (χ0) is 17.9. The van der Waals surface area contributed by atoms with Gasteiger partial charge in [0.2, 0.25) is 6.10 Å². The number of halogens is 1.